The van der Waals surface area contributed by atoms with Crippen LogP contribution in [0.25, 0.3) is 0 Å². The van der Waals surface area contributed by atoms with Crippen LogP contribution in [-0.2, 0) is 16.0 Å². The van der Waals surface area contributed by atoms with E-state index < -0.39 is 12.6 Å². The molecule has 0 atom stereocenters. The molecule has 100 valence electrons. The summed E-state index contributed by atoms with van der Waals surface area (Å²) in [6.45, 7) is -1.21. The number of hydrogen-bond donors (Lipinski definition) is 1. The summed E-state index contributed by atoms with van der Waals surface area (Å²) < 4.78 is 33.5. The molecule has 0 bridgehead atoms. The van der Waals surface area contributed by atoms with Gasteiger partial charge in [-0.3, -0.25) is 4.79 Å². The lowest BCUT2D eigenvalue weighted by Crippen LogP contribution is -2.11. The van der Waals surface area contributed by atoms with Crippen LogP contribution in [-0.4, -0.2) is 19.2 Å². The molecule has 0 radical (unpaired) electrons. The number of ether oxygens (including phenoxy) is 2. The number of esters is 1. The molecular weight excluding hydrogens is 268 g/mol. The second kappa shape index (κ2) is 6.39. The van der Waals surface area contributed by atoms with Gasteiger partial charge in [0.2, 0.25) is 0 Å². The molecule has 0 amide bonds. The average Bonchev–Trinajstić information content (AvgIpc) is 2.28. The van der Waals surface area contributed by atoms with Crippen LogP contribution in [0, 0.1) is 0 Å². The molecule has 4 nitrogen and oxygen atoms in total. The van der Waals surface area contributed by atoms with Crippen LogP contribution < -0.4 is 10.5 Å². The number of alkyl halides is 2. The molecule has 0 aliphatic carbocycles. The predicted molar refractivity (Wildman–Crippen MR) is 62.8 cm³/mol. The van der Waals surface area contributed by atoms with Gasteiger partial charge in [-0.2, -0.15) is 8.78 Å². The molecule has 0 fully saturated rings. The van der Waals surface area contributed by atoms with Gasteiger partial charge in [0.25, 0.3) is 0 Å². The summed E-state index contributed by atoms with van der Waals surface area (Å²) in [5.41, 5.74) is 5.78. The molecule has 0 unspecified atom stereocenters. The molecule has 0 heterocycles. The van der Waals surface area contributed by atoms with Crippen molar-refractivity contribution in [1.82, 2.24) is 0 Å². The Labute approximate surface area is 108 Å². The van der Waals surface area contributed by atoms with Crippen LogP contribution in [0.5, 0.6) is 5.75 Å². The van der Waals surface area contributed by atoms with Crippen molar-refractivity contribution in [2.75, 3.05) is 12.3 Å². The third kappa shape index (κ3) is 3.73. The van der Waals surface area contributed by atoms with Crippen LogP contribution in [0.3, 0.4) is 0 Å². The first-order valence-electron chi connectivity index (χ1n) is 5.13. The molecule has 1 aromatic rings. The standard InChI is InChI=1S/C11H12ClF2NO3/c1-2-17-8(16)5-6-3-4-7(15)9(12)10(6)18-11(13)14/h3-4,11H,2,5,15H2,1H3. The lowest BCUT2D eigenvalue weighted by Gasteiger charge is -2.13. The van der Waals surface area contributed by atoms with Crippen LogP contribution in [0.2, 0.25) is 5.02 Å². The molecule has 0 saturated carbocycles. The molecule has 0 aromatic heterocycles. The van der Waals surface area contributed by atoms with E-state index in [1.807, 2.05) is 0 Å². The van der Waals surface area contributed by atoms with Crippen LogP contribution >= 0.6 is 11.6 Å². The summed E-state index contributed by atoms with van der Waals surface area (Å²) in [4.78, 5) is 11.3. The van der Waals surface area contributed by atoms with Gasteiger partial charge < -0.3 is 15.2 Å². The number of nitrogen functional groups attached to an aromatic ring is 1. The zero-order valence-corrected chi connectivity index (χ0v) is 10.3. The van der Waals surface area contributed by atoms with Crippen LogP contribution in [0.4, 0.5) is 14.5 Å². The van der Waals surface area contributed by atoms with Gasteiger partial charge in [-0.25, -0.2) is 0 Å². The number of rotatable bonds is 5. The summed E-state index contributed by atoms with van der Waals surface area (Å²) in [5, 5.41) is -0.142. The van der Waals surface area contributed by atoms with E-state index in [9.17, 15) is 13.6 Å². The largest absolute Gasteiger partial charge is 0.466 e. The van der Waals surface area contributed by atoms with E-state index >= 15 is 0 Å². The Morgan fingerprint density at radius 3 is 2.72 bits per heavy atom. The highest BCUT2D eigenvalue weighted by atomic mass is 35.5. The SMILES string of the molecule is CCOC(=O)Cc1ccc(N)c(Cl)c1OC(F)F. The molecule has 2 N–H and O–H groups in total. The second-order valence-corrected chi connectivity index (χ2v) is 3.70. The number of carbonyl (C=O) groups excluding carboxylic acids is 1. The highest BCUT2D eigenvalue weighted by molar-refractivity contribution is 6.34. The maximum absolute atomic E-state index is 12.3. The Kier molecular flexibility index (Phi) is 5.15. The smallest absolute Gasteiger partial charge is 0.387 e. The van der Waals surface area contributed by atoms with Gasteiger partial charge in [0.15, 0.2) is 5.75 Å². The molecular formula is C11H12ClF2NO3. The summed E-state index contributed by atoms with van der Waals surface area (Å²) in [5.74, 6) is -0.850. The fourth-order valence-electron chi connectivity index (χ4n) is 1.33. The minimum atomic E-state index is -3.05. The molecule has 18 heavy (non-hydrogen) atoms. The van der Waals surface area contributed by atoms with Crippen molar-refractivity contribution in [2.24, 2.45) is 0 Å². The molecule has 1 aromatic carbocycles. The van der Waals surface area contributed by atoms with Crippen molar-refractivity contribution < 1.29 is 23.0 Å². The van der Waals surface area contributed by atoms with Crippen molar-refractivity contribution in [3.63, 3.8) is 0 Å². The molecule has 7 heteroatoms. The molecule has 0 saturated heterocycles. The van der Waals surface area contributed by atoms with Crippen molar-refractivity contribution >= 4 is 23.3 Å². The van der Waals surface area contributed by atoms with Gasteiger partial charge in [-0.15, -0.1) is 0 Å². The molecule has 1 rings (SSSR count). The van der Waals surface area contributed by atoms with Gasteiger partial charge >= 0.3 is 12.6 Å². The lowest BCUT2D eigenvalue weighted by atomic mass is 10.1. The van der Waals surface area contributed by atoms with Gasteiger partial charge in [0.1, 0.15) is 5.02 Å². The molecule has 0 aliphatic heterocycles. The van der Waals surface area contributed by atoms with Gasteiger partial charge in [-0.05, 0) is 13.0 Å². The van der Waals surface area contributed by atoms with Crippen molar-refractivity contribution in [2.45, 2.75) is 20.0 Å². The van der Waals surface area contributed by atoms with Crippen LogP contribution in [0.1, 0.15) is 12.5 Å². The van der Waals surface area contributed by atoms with E-state index in [1.165, 1.54) is 12.1 Å². The Morgan fingerprint density at radius 2 is 2.17 bits per heavy atom. The van der Waals surface area contributed by atoms with Gasteiger partial charge in [0.05, 0.1) is 18.7 Å². The number of benzene rings is 1. The number of halogens is 3. The Hall–Kier alpha value is -1.56. The van der Waals surface area contributed by atoms with Crippen molar-refractivity contribution in [3.8, 4) is 5.75 Å². The summed E-state index contributed by atoms with van der Waals surface area (Å²) in [7, 11) is 0. The van der Waals surface area contributed by atoms with Crippen molar-refractivity contribution in [1.29, 1.82) is 0 Å². The monoisotopic (exact) mass is 279 g/mol. The third-order valence-electron chi connectivity index (χ3n) is 2.06. The number of carbonyl (C=O) groups is 1. The van der Waals surface area contributed by atoms with E-state index in [0.717, 1.165) is 0 Å². The van der Waals surface area contributed by atoms with E-state index in [2.05, 4.69) is 4.74 Å². The second-order valence-electron chi connectivity index (χ2n) is 3.32. The highest BCUT2D eigenvalue weighted by Crippen LogP contribution is 2.35. The van der Waals surface area contributed by atoms with E-state index in [1.54, 1.807) is 6.92 Å². The number of anilines is 1. The quantitative estimate of drug-likeness (QED) is 0.665. The Balaban J connectivity index is 3.02. The highest BCUT2D eigenvalue weighted by Gasteiger charge is 2.18. The number of nitrogens with two attached hydrogens (primary N) is 1. The van der Waals surface area contributed by atoms with Crippen LogP contribution in [0.15, 0.2) is 12.1 Å². The van der Waals surface area contributed by atoms with E-state index in [0.29, 0.717) is 0 Å². The first-order valence-corrected chi connectivity index (χ1v) is 5.50. The van der Waals surface area contributed by atoms with Gasteiger partial charge in [-0.1, -0.05) is 17.7 Å². The maximum Gasteiger partial charge on any atom is 0.387 e. The predicted octanol–water partition coefficient (Wildman–Crippen LogP) is 2.63. The first-order chi connectivity index (χ1) is 8.45. The number of hydrogen-bond acceptors (Lipinski definition) is 4. The minimum absolute atomic E-state index is 0.0972. The average molecular weight is 280 g/mol. The molecule has 0 spiro atoms. The fourth-order valence-corrected chi connectivity index (χ4v) is 1.56. The first kappa shape index (κ1) is 14.5. The summed E-state index contributed by atoms with van der Waals surface area (Å²) in [6, 6.07) is 2.81. The zero-order chi connectivity index (χ0) is 13.7. The minimum Gasteiger partial charge on any atom is -0.466 e. The lowest BCUT2D eigenvalue weighted by molar-refractivity contribution is -0.142. The Morgan fingerprint density at radius 1 is 1.50 bits per heavy atom. The Bertz CT molecular complexity index is 441. The summed E-state index contributed by atoms with van der Waals surface area (Å²) >= 11 is 5.77. The van der Waals surface area contributed by atoms with Gasteiger partial charge in [0, 0.05) is 5.56 Å². The maximum atomic E-state index is 12.3. The van der Waals surface area contributed by atoms with E-state index in [4.69, 9.17) is 22.1 Å². The van der Waals surface area contributed by atoms with Crippen molar-refractivity contribution in [3.05, 3.63) is 22.7 Å². The fraction of sp³-hybridized carbons (Fsp3) is 0.364. The third-order valence-corrected chi connectivity index (χ3v) is 2.45. The normalized spacial score (nSPS) is 10.5. The topological polar surface area (TPSA) is 61.5 Å². The summed E-state index contributed by atoms with van der Waals surface area (Å²) in [6.07, 6.45) is -0.212. The molecule has 0 aliphatic rings. The van der Waals surface area contributed by atoms with E-state index in [-0.39, 0.29) is 35.1 Å². The zero-order valence-electron chi connectivity index (χ0n) is 9.58.